The lowest BCUT2D eigenvalue weighted by Gasteiger charge is -2.19. The van der Waals surface area contributed by atoms with E-state index in [-0.39, 0.29) is 11.1 Å². The standard InChI is InChI=1S/C24H15F3/c25-22-20(17-12-6-2-7-13-17)19(16-10-4-1-5-11-16)21(23(26)24(22)27)18-14-8-3-9-15-18/h1-15H. The van der Waals surface area contributed by atoms with E-state index >= 15 is 0 Å². The van der Waals surface area contributed by atoms with Crippen LogP contribution in [-0.4, -0.2) is 0 Å². The van der Waals surface area contributed by atoms with Gasteiger partial charge in [-0.15, -0.1) is 0 Å². The summed E-state index contributed by atoms with van der Waals surface area (Å²) in [5, 5.41) is 0. The van der Waals surface area contributed by atoms with Crippen molar-refractivity contribution in [3.63, 3.8) is 0 Å². The molecule has 0 unspecified atom stereocenters. The normalized spacial score (nSPS) is 10.8. The predicted molar refractivity (Wildman–Crippen MR) is 103 cm³/mol. The van der Waals surface area contributed by atoms with E-state index in [9.17, 15) is 13.2 Å². The Hall–Kier alpha value is -3.33. The molecule has 4 rings (SSSR count). The maximum atomic E-state index is 15.0. The molecule has 0 spiro atoms. The minimum Gasteiger partial charge on any atom is -0.203 e. The van der Waals surface area contributed by atoms with Crippen molar-refractivity contribution in [1.29, 1.82) is 0 Å². The summed E-state index contributed by atoms with van der Waals surface area (Å²) in [7, 11) is 0. The highest BCUT2D eigenvalue weighted by atomic mass is 19.2. The Balaban J connectivity index is 2.18. The molecule has 0 N–H and O–H groups in total. The summed E-state index contributed by atoms with van der Waals surface area (Å²) in [6.45, 7) is 0. The van der Waals surface area contributed by atoms with Crippen LogP contribution in [0.3, 0.4) is 0 Å². The predicted octanol–water partition coefficient (Wildman–Crippen LogP) is 7.10. The van der Waals surface area contributed by atoms with E-state index in [0.29, 0.717) is 22.3 Å². The zero-order chi connectivity index (χ0) is 18.8. The fourth-order valence-corrected chi connectivity index (χ4v) is 3.31. The molecule has 4 aromatic carbocycles. The first kappa shape index (κ1) is 17.1. The van der Waals surface area contributed by atoms with Gasteiger partial charge >= 0.3 is 0 Å². The second-order valence-electron chi connectivity index (χ2n) is 6.17. The molecule has 3 heteroatoms. The van der Waals surface area contributed by atoms with E-state index < -0.39 is 17.5 Å². The van der Waals surface area contributed by atoms with Crippen LogP contribution in [0.15, 0.2) is 91.0 Å². The van der Waals surface area contributed by atoms with Gasteiger partial charge in [-0.3, -0.25) is 0 Å². The smallest absolute Gasteiger partial charge is 0.195 e. The molecule has 0 nitrogen and oxygen atoms in total. The summed E-state index contributed by atoms with van der Waals surface area (Å²) < 4.78 is 44.5. The summed E-state index contributed by atoms with van der Waals surface area (Å²) in [6, 6.07) is 26.3. The first-order valence-electron chi connectivity index (χ1n) is 8.55. The third-order valence-electron chi connectivity index (χ3n) is 4.51. The Morgan fingerprint density at radius 2 is 0.630 bits per heavy atom. The SMILES string of the molecule is Fc1c(F)c(-c2ccccc2)c(-c2ccccc2)c(-c2ccccc2)c1F. The lowest BCUT2D eigenvalue weighted by atomic mass is 9.86. The van der Waals surface area contributed by atoms with E-state index in [0.717, 1.165) is 0 Å². The molecule has 0 atom stereocenters. The monoisotopic (exact) mass is 360 g/mol. The van der Waals surface area contributed by atoms with Gasteiger partial charge in [0.2, 0.25) is 0 Å². The van der Waals surface area contributed by atoms with E-state index in [1.165, 1.54) is 0 Å². The summed E-state index contributed by atoms with van der Waals surface area (Å²) in [6.07, 6.45) is 0. The molecule has 0 fully saturated rings. The molecule has 0 amide bonds. The van der Waals surface area contributed by atoms with Crippen LogP contribution < -0.4 is 0 Å². The molecular formula is C24H15F3. The van der Waals surface area contributed by atoms with E-state index in [1.54, 1.807) is 84.9 Å². The van der Waals surface area contributed by atoms with Crippen LogP contribution in [-0.2, 0) is 0 Å². The molecule has 132 valence electrons. The van der Waals surface area contributed by atoms with Crippen molar-refractivity contribution < 1.29 is 13.2 Å². The highest BCUT2D eigenvalue weighted by Gasteiger charge is 2.27. The fraction of sp³-hybridized carbons (Fsp3) is 0. The minimum atomic E-state index is -1.47. The van der Waals surface area contributed by atoms with Crippen LogP contribution in [0.2, 0.25) is 0 Å². The Labute approximate surface area is 155 Å². The molecular weight excluding hydrogens is 345 g/mol. The largest absolute Gasteiger partial charge is 0.203 e. The molecule has 0 saturated heterocycles. The molecule has 0 radical (unpaired) electrons. The first-order chi connectivity index (χ1) is 13.2. The van der Waals surface area contributed by atoms with Crippen molar-refractivity contribution in [1.82, 2.24) is 0 Å². The Bertz CT molecular complexity index is 1010. The van der Waals surface area contributed by atoms with Crippen LogP contribution in [0.5, 0.6) is 0 Å². The van der Waals surface area contributed by atoms with Crippen LogP contribution in [0.4, 0.5) is 13.2 Å². The van der Waals surface area contributed by atoms with Gasteiger partial charge in [0.15, 0.2) is 17.5 Å². The summed E-state index contributed by atoms with van der Waals surface area (Å²) in [5.74, 6) is -3.83. The van der Waals surface area contributed by atoms with E-state index in [2.05, 4.69) is 0 Å². The topological polar surface area (TPSA) is 0 Å². The van der Waals surface area contributed by atoms with Crippen LogP contribution in [0, 0.1) is 17.5 Å². The van der Waals surface area contributed by atoms with Gasteiger partial charge in [0.25, 0.3) is 0 Å². The molecule has 0 heterocycles. The van der Waals surface area contributed by atoms with Crippen LogP contribution in [0.25, 0.3) is 33.4 Å². The molecule has 0 aromatic heterocycles. The summed E-state index contributed by atoms with van der Waals surface area (Å²) in [4.78, 5) is 0. The second kappa shape index (κ2) is 7.12. The van der Waals surface area contributed by atoms with Crippen molar-refractivity contribution in [2.45, 2.75) is 0 Å². The van der Waals surface area contributed by atoms with Gasteiger partial charge < -0.3 is 0 Å². The van der Waals surface area contributed by atoms with Crippen molar-refractivity contribution in [2.75, 3.05) is 0 Å². The number of rotatable bonds is 3. The van der Waals surface area contributed by atoms with Gasteiger partial charge in [-0.05, 0) is 16.7 Å². The zero-order valence-electron chi connectivity index (χ0n) is 14.3. The Morgan fingerprint density at radius 3 is 0.963 bits per heavy atom. The molecule has 4 aromatic rings. The Morgan fingerprint density at radius 1 is 0.333 bits per heavy atom. The average Bonchev–Trinajstić information content (AvgIpc) is 2.73. The van der Waals surface area contributed by atoms with Crippen molar-refractivity contribution in [3.8, 4) is 33.4 Å². The highest BCUT2D eigenvalue weighted by Crippen LogP contribution is 2.44. The maximum absolute atomic E-state index is 15.0. The second-order valence-corrected chi connectivity index (χ2v) is 6.17. The third kappa shape index (κ3) is 3.02. The Kier molecular flexibility index (Phi) is 4.51. The number of halogens is 3. The molecule has 0 bridgehead atoms. The van der Waals surface area contributed by atoms with E-state index in [4.69, 9.17) is 0 Å². The van der Waals surface area contributed by atoms with E-state index in [1.807, 2.05) is 6.07 Å². The third-order valence-corrected chi connectivity index (χ3v) is 4.51. The lowest BCUT2D eigenvalue weighted by Crippen LogP contribution is -2.02. The maximum Gasteiger partial charge on any atom is 0.195 e. The van der Waals surface area contributed by atoms with Crippen molar-refractivity contribution >= 4 is 0 Å². The summed E-state index contributed by atoms with van der Waals surface area (Å²) in [5.41, 5.74) is 2.05. The van der Waals surface area contributed by atoms with Crippen molar-refractivity contribution in [2.24, 2.45) is 0 Å². The van der Waals surface area contributed by atoms with Gasteiger partial charge in [-0.25, -0.2) is 13.2 Å². The number of hydrogen-bond donors (Lipinski definition) is 0. The quantitative estimate of drug-likeness (QED) is 0.342. The van der Waals surface area contributed by atoms with Crippen LogP contribution in [0.1, 0.15) is 0 Å². The lowest BCUT2D eigenvalue weighted by molar-refractivity contribution is 0.451. The van der Waals surface area contributed by atoms with Gasteiger partial charge in [-0.1, -0.05) is 91.0 Å². The number of benzene rings is 4. The van der Waals surface area contributed by atoms with Gasteiger partial charge in [0, 0.05) is 16.7 Å². The van der Waals surface area contributed by atoms with Crippen molar-refractivity contribution in [3.05, 3.63) is 108 Å². The number of hydrogen-bond acceptors (Lipinski definition) is 0. The molecule has 27 heavy (non-hydrogen) atoms. The molecule has 0 saturated carbocycles. The van der Waals surface area contributed by atoms with Gasteiger partial charge in [0.1, 0.15) is 0 Å². The summed E-state index contributed by atoms with van der Waals surface area (Å²) >= 11 is 0. The molecule has 0 aliphatic heterocycles. The average molecular weight is 360 g/mol. The first-order valence-corrected chi connectivity index (χ1v) is 8.55. The molecule has 0 aliphatic rings. The van der Waals surface area contributed by atoms with Gasteiger partial charge in [0.05, 0.1) is 0 Å². The fourth-order valence-electron chi connectivity index (χ4n) is 3.31. The molecule has 0 aliphatic carbocycles. The van der Waals surface area contributed by atoms with Gasteiger partial charge in [-0.2, -0.15) is 0 Å². The van der Waals surface area contributed by atoms with Crippen LogP contribution >= 0.6 is 0 Å². The minimum absolute atomic E-state index is 0.0551. The zero-order valence-corrected chi connectivity index (χ0v) is 14.3. The highest BCUT2D eigenvalue weighted by molar-refractivity contribution is 5.95.